The molecule has 0 aliphatic carbocycles. The molecule has 0 spiro atoms. The highest BCUT2D eigenvalue weighted by atomic mass is 16.2. The van der Waals surface area contributed by atoms with Crippen LogP contribution in [0.15, 0.2) is 5.11 Å². The first-order valence-corrected chi connectivity index (χ1v) is 3.60. The van der Waals surface area contributed by atoms with Crippen molar-refractivity contribution in [2.24, 2.45) is 5.11 Å². The topological polar surface area (TPSA) is 86.1 Å². The van der Waals surface area contributed by atoms with Crippen LogP contribution in [0.4, 0.5) is 0 Å². The number of rotatable bonds is 3. The first-order chi connectivity index (χ1) is 5.75. The van der Waals surface area contributed by atoms with Crippen LogP contribution in [0, 0.1) is 0 Å². The lowest BCUT2D eigenvalue weighted by Gasteiger charge is -2.10. The number of amides is 2. The second-order valence-corrected chi connectivity index (χ2v) is 2.39. The Labute approximate surface area is 68.8 Å². The zero-order chi connectivity index (χ0) is 8.97. The second-order valence-electron chi connectivity index (χ2n) is 2.39. The molecule has 2 amide bonds. The predicted molar refractivity (Wildman–Crippen MR) is 40.0 cm³/mol. The summed E-state index contributed by atoms with van der Waals surface area (Å²) < 4.78 is 0. The van der Waals surface area contributed by atoms with E-state index in [9.17, 15) is 9.59 Å². The maximum Gasteiger partial charge on any atom is 0.229 e. The van der Waals surface area contributed by atoms with Crippen LogP contribution in [0.1, 0.15) is 12.8 Å². The van der Waals surface area contributed by atoms with Gasteiger partial charge in [0.15, 0.2) is 0 Å². The summed E-state index contributed by atoms with van der Waals surface area (Å²) in [5.41, 5.74) is 7.94. The Morgan fingerprint density at radius 1 is 1.42 bits per heavy atom. The van der Waals surface area contributed by atoms with Gasteiger partial charge < -0.3 is 0 Å². The van der Waals surface area contributed by atoms with Gasteiger partial charge in [0.2, 0.25) is 11.8 Å². The minimum atomic E-state index is -0.173. The molecule has 0 atom stereocenters. The van der Waals surface area contributed by atoms with Gasteiger partial charge in [-0.2, -0.15) is 0 Å². The standard InChI is InChI=1S/C6H8N4O2/c7-9-8-3-4-10-5(11)1-2-6(10)12/h1-4H2. The number of hydrogen-bond donors (Lipinski definition) is 0. The van der Waals surface area contributed by atoms with E-state index in [1.54, 1.807) is 0 Å². The van der Waals surface area contributed by atoms with E-state index in [0.717, 1.165) is 4.90 Å². The predicted octanol–water partition coefficient (Wildman–Crippen LogP) is 0.446. The van der Waals surface area contributed by atoms with Crippen molar-refractivity contribution in [3.05, 3.63) is 10.4 Å². The summed E-state index contributed by atoms with van der Waals surface area (Å²) in [6, 6.07) is 0. The van der Waals surface area contributed by atoms with Crippen molar-refractivity contribution < 1.29 is 9.59 Å². The number of carbonyl (C=O) groups excluding carboxylic acids is 2. The lowest BCUT2D eigenvalue weighted by molar-refractivity contribution is -0.138. The molecule has 0 unspecified atom stereocenters. The lowest BCUT2D eigenvalue weighted by atomic mass is 10.4. The molecule has 0 N–H and O–H groups in total. The largest absolute Gasteiger partial charge is 0.282 e. The molecular formula is C6H8N4O2. The zero-order valence-electron chi connectivity index (χ0n) is 6.43. The summed E-state index contributed by atoms with van der Waals surface area (Å²) in [6.45, 7) is 0.371. The van der Waals surface area contributed by atoms with Gasteiger partial charge in [-0.1, -0.05) is 5.11 Å². The summed E-state index contributed by atoms with van der Waals surface area (Å²) in [5, 5.41) is 3.24. The molecule has 1 aliphatic heterocycles. The average Bonchev–Trinajstić information content (AvgIpc) is 2.35. The van der Waals surface area contributed by atoms with E-state index in [-0.39, 0.29) is 37.7 Å². The Bertz CT molecular complexity index is 240. The first-order valence-electron chi connectivity index (χ1n) is 3.60. The second kappa shape index (κ2) is 3.73. The number of imide groups is 1. The van der Waals surface area contributed by atoms with Crippen molar-refractivity contribution >= 4 is 11.8 Å². The van der Waals surface area contributed by atoms with Gasteiger partial charge in [-0.05, 0) is 5.53 Å². The average molecular weight is 168 g/mol. The monoisotopic (exact) mass is 168 g/mol. The van der Waals surface area contributed by atoms with E-state index >= 15 is 0 Å². The molecular weight excluding hydrogens is 160 g/mol. The van der Waals surface area contributed by atoms with E-state index in [2.05, 4.69) is 10.0 Å². The minimum Gasteiger partial charge on any atom is -0.282 e. The highest BCUT2D eigenvalue weighted by Crippen LogP contribution is 2.10. The van der Waals surface area contributed by atoms with Gasteiger partial charge in [0.1, 0.15) is 0 Å². The van der Waals surface area contributed by atoms with E-state index in [1.807, 2.05) is 0 Å². The minimum absolute atomic E-state index is 0.161. The Morgan fingerprint density at radius 2 is 2.00 bits per heavy atom. The highest BCUT2D eigenvalue weighted by molar-refractivity contribution is 6.01. The van der Waals surface area contributed by atoms with Gasteiger partial charge in [-0.3, -0.25) is 14.5 Å². The molecule has 6 nitrogen and oxygen atoms in total. The number of carbonyl (C=O) groups is 2. The van der Waals surface area contributed by atoms with Gasteiger partial charge in [0.25, 0.3) is 0 Å². The van der Waals surface area contributed by atoms with Gasteiger partial charge >= 0.3 is 0 Å². The molecule has 6 heteroatoms. The fourth-order valence-electron chi connectivity index (χ4n) is 1.06. The SMILES string of the molecule is [N-]=[N+]=NCCN1C(=O)CCC1=O. The molecule has 0 bridgehead atoms. The molecule has 1 saturated heterocycles. The summed E-state index contributed by atoms with van der Waals surface area (Å²) in [6.07, 6.45) is 0.574. The molecule has 0 aromatic heterocycles. The molecule has 0 aromatic rings. The Hall–Kier alpha value is -1.55. The first kappa shape index (κ1) is 8.55. The molecule has 1 rings (SSSR count). The van der Waals surface area contributed by atoms with Crippen molar-refractivity contribution in [3.8, 4) is 0 Å². The Balaban J connectivity index is 2.44. The number of hydrogen-bond acceptors (Lipinski definition) is 3. The molecule has 1 heterocycles. The fraction of sp³-hybridized carbons (Fsp3) is 0.667. The van der Waals surface area contributed by atoms with Crippen molar-refractivity contribution in [2.75, 3.05) is 13.1 Å². The third-order valence-electron chi connectivity index (χ3n) is 1.64. The maximum atomic E-state index is 10.9. The van der Waals surface area contributed by atoms with Crippen LogP contribution in [-0.2, 0) is 9.59 Å². The van der Waals surface area contributed by atoms with Gasteiger partial charge in [-0.15, -0.1) is 0 Å². The van der Waals surface area contributed by atoms with Crippen molar-refractivity contribution in [1.29, 1.82) is 0 Å². The highest BCUT2D eigenvalue weighted by Gasteiger charge is 2.27. The molecule has 0 saturated carbocycles. The van der Waals surface area contributed by atoms with Crippen molar-refractivity contribution in [3.63, 3.8) is 0 Å². The summed E-state index contributed by atoms with van der Waals surface area (Å²) in [5.74, 6) is -0.346. The number of azide groups is 1. The van der Waals surface area contributed by atoms with Crippen LogP contribution in [-0.4, -0.2) is 29.8 Å². The Morgan fingerprint density at radius 3 is 2.50 bits per heavy atom. The van der Waals surface area contributed by atoms with Crippen LogP contribution in [0.5, 0.6) is 0 Å². The molecule has 64 valence electrons. The van der Waals surface area contributed by atoms with E-state index < -0.39 is 0 Å². The van der Waals surface area contributed by atoms with Crippen LogP contribution in [0.2, 0.25) is 0 Å². The van der Waals surface area contributed by atoms with Crippen LogP contribution >= 0.6 is 0 Å². The zero-order valence-corrected chi connectivity index (χ0v) is 6.43. The van der Waals surface area contributed by atoms with Crippen LogP contribution in [0.25, 0.3) is 10.4 Å². The van der Waals surface area contributed by atoms with E-state index in [4.69, 9.17) is 5.53 Å². The summed E-state index contributed by atoms with van der Waals surface area (Å²) in [7, 11) is 0. The fourth-order valence-corrected chi connectivity index (χ4v) is 1.06. The number of likely N-dealkylation sites (tertiary alicyclic amines) is 1. The smallest absolute Gasteiger partial charge is 0.229 e. The maximum absolute atomic E-state index is 10.9. The van der Waals surface area contributed by atoms with E-state index in [1.165, 1.54) is 0 Å². The summed E-state index contributed by atoms with van der Waals surface area (Å²) >= 11 is 0. The summed E-state index contributed by atoms with van der Waals surface area (Å²) in [4.78, 5) is 25.6. The molecule has 0 aromatic carbocycles. The van der Waals surface area contributed by atoms with Gasteiger partial charge in [0.05, 0.1) is 0 Å². The van der Waals surface area contributed by atoms with E-state index in [0.29, 0.717) is 0 Å². The molecule has 0 radical (unpaired) electrons. The van der Waals surface area contributed by atoms with Crippen LogP contribution in [0.3, 0.4) is 0 Å². The van der Waals surface area contributed by atoms with Gasteiger partial charge in [-0.25, -0.2) is 0 Å². The Kier molecular flexibility index (Phi) is 2.66. The quantitative estimate of drug-likeness (QED) is 0.265. The normalized spacial score (nSPS) is 16.5. The molecule has 1 aliphatic rings. The molecule has 1 fully saturated rings. The van der Waals surface area contributed by atoms with Gasteiger partial charge in [0, 0.05) is 30.8 Å². The van der Waals surface area contributed by atoms with Crippen LogP contribution < -0.4 is 0 Å². The third-order valence-corrected chi connectivity index (χ3v) is 1.64. The van der Waals surface area contributed by atoms with Crippen molar-refractivity contribution in [1.82, 2.24) is 4.90 Å². The molecule has 12 heavy (non-hydrogen) atoms. The lowest BCUT2D eigenvalue weighted by Crippen LogP contribution is -2.31. The van der Waals surface area contributed by atoms with Crippen molar-refractivity contribution in [2.45, 2.75) is 12.8 Å². The third kappa shape index (κ3) is 1.73. The number of nitrogens with zero attached hydrogens (tertiary/aromatic N) is 4.